The Labute approximate surface area is 155 Å². The summed E-state index contributed by atoms with van der Waals surface area (Å²) in [6.45, 7) is 2.31. The smallest absolute Gasteiger partial charge is 0.216 e. The summed E-state index contributed by atoms with van der Waals surface area (Å²) in [5.74, 6) is 1.66. The van der Waals surface area contributed by atoms with Gasteiger partial charge in [-0.05, 0) is 43.4 Å². The molecule has 1 aromatic heterocycles. The highest BCUT2D eigenvalue weighted by molar-refractivity contribution is 7.71. The first-order chi connectivity index (χ1) is 12.6. The SMILES string of the molecule is CCOc1cccc(/C=N\n2c(-c3cccc(OC)c3)n[nH]c2=S)c1O. The Morgan fingerprint density at radius 3 is 2.88 bits per heavy atom. The number of H-pyrrole nitrogens is 1. The van der Waals surface area contributed by atoms with Gasteiger partial charge in [0.25, 0.3) is 0 Å². The number of aromatic hydroxyl groups is 1. The summed E-state index contributed by atoms with van der Waals surface area (Å²) >= 11 is 5.26. The van der Waals surface area contributed by atoms with Crippen molar-refractivity contribution < 1.29 is 14.6 Å². The van der Waals surface area contributed by atoms with E-state index in [2.05, 4.69) is 15.3 Å². The number of phenolic OH excluding ortho intramolecular Hbond substituents is 1. The average Bonchev–Trinajstić information content (AvgIpc) is 3.03. The Kier molecular flexibility index (Phi) is 5.33. The van der Waals surface area contributed by atoms with Crippen LogP contribution in [0.4, 0.5) is 0 Å². The number of benzene rings is 2. The van der Waals surface area contributed by atoms with Crippen LogP contribution in [0.1, 0.15) is 12.5 Å². The highest BCUT2D eigenvalue weighted by atomic mass is 32.1. The maximum Gasteiger partial charge on any atom is 0.216 e. The van der Waals surface area contributed by atoms with Crippen molar-refractivity contribution in [1.82, 2.24) is 14.9 Å². The van der Waals surface area contributed by atoms with Crippen LogP contribution in [0.3, 0.4) is 0 Å². The highest BCUT2D eigenvalue weighted by Crippen LogP contribution is 2.29. The molecule has 3 rings (SSSR count). The normalized spacial score (nSPS) is 11.0. The zero-order valence-electron chi connectivity index (χ0n) is 14.3. The summed E-state index contributed by atoms with van der Waals surface area (Å²) in [6, 6.07) is 12.6. The fraction of sp³-hybridized carbons (Fsp3) is 0.167. The van der Waals surface area contributed by atoms with Crippen molar-refractivity contribution >= 4 is 18.4 Å². The van der Waals surface area contributed by atoms with E-state index in [-0.39, 0.29) is 5.75 Å². The minimum absolute atomic E-state index is 0.0241. The number of para-hydroxylation sites is 1. The predicted octanol–water partition coefficient (Wildman–Crippen LogP) is 3.60. The van der Waals surface area contributed by atoms with Gasteiger partial charge in [-0.2, -0.15) is 14.9 Å². The van der Waals surface area contributed by atoms with Gasteiger partial charge in [-0.25, -0.2) is 5.10 Å². The summed E-state index contributed by atoms with van der Waals surface area (Å²) in [5.41, 5.74) is 1.30. The van der Waals surface area contributed by atoms with Gasteiger partial charge in [0.05, 0.1) is 19.9 Å². The molecule has 7 nitrogen and oxygen atoms in total. The lowest BCUT2D eigenvalue weighted by molar-refractivity contribution is 0.318. The van der Waals surface area contributed by atoms with E-state index in [1.54, 1.807) is 25.3 Å². The van der Waals surface area contributed by atoms with Crippen LogP contribution in [0.2, 0.25) is 0 Å². The van der Waals surface area contributed by atoms with Crippen LogP contribution in [-0.4, -0.2) is 39.9 Å². The van der Waals surface area contributed by atoms with E-state index in [1.165, 1.54) is 10.9 Å². The summed E-state index contributed by atoms with van der Waals surface area (Å²) in [4.78, 5) is 0. The molecule has 0 saturated carbocycles. The van der Waals surface area contributed by atoms with Gasteiger partial charge in [0.15, 0.2) is 17.3 Å². The van der Waals surface area contributed by atoms with Crippen molar-refractivity contribution in [3.05, 3.63) is 52.8 Å². The molecule has 0 aliphatic rings. The number of aromatic nitrogens is 3. The van der Waals surface area contributed by atoms with Crippen LogP contribution >= 0.6 is 12.2 Å². The second-order valence-corrected chi connectivity index (χ2v) is 5.65. The van der Waals surface area contributed by atoms with Crippen LogP contribution in [0.15, 0.2) is 47.6 Å². The Morgan fingerprint density at radius 2 is 2.12 bits per heavy atom. The van der Waals surface area contributed by atoms with Gasteiger partial charge in [0, 0.05) is 11.1 Å². The first-order valence-corrected chi connectivity index (χ1v) is 8.35. The molecule has 0 atom stereocenters. The highest BCUT2D eigenvalue weighted by Gasteiger charge is 2.10. The molecule has 8 heteroatoms. The molecule has 0 spiro atoms. The van der Waals surface area contributed by atoms with Crippen LogP contribution in [0.5, 0.6) is 17.2 Å². The monoisotopic (exact) mass is 370 g/mol. The summed E-state index contributed by atoms with van der Waals surface area (Å²) < 4.78 is 12.4. The van der Waals surface area contributed by atoms with Gasteiger partial charge in [-0.15, -0.1) is 0 Å². The number of methoxy groups -OCH3 is 1. The maximum atomic E-state index is 10.3. The molecule has 134 valence electrons. The molecule has 26 heavy (non-hydrogen) atoms. The third-order valence-electron chi connectivity index (χ3n) is 3.62. The molecule has 2 aromatic carbocycles. The molecule has 1 heterocycles. The quantitative estimate of drug-likeness (QED) is 0.511. The van der Waals surface area contributed by atoms with Crippen molar-refractivity contribution in [3.63, 3.8) is 0 Å². The lowest BCUT2D eigenvalue weighted by Crippen LogP contribution is -1.97. The van der Waals surface area contributed by atoms with Gasteiger partial charge in [-0.1, -0.05) is 18.2 Å². The van der Waals surface area contributed by atoms with E-state index in [0.29, 0.717) is 34.3 Å². The van der Waals surface area contributed by atoms with Crippen LogP contribution < -0.4 is 9.47 Å². The van der Waals surface area contributed by atoms with Crippen molar-refractivity contribution in [1.29, 1.82) is 0 Å². The molecule has 2 N–H and O–H groups in total. The number of hydrogen-bond acceptors (Lipinski definition) is 6. The zero-order chi connectivity index (χ0) is 18.5. The maximum absolute atomic E-state index is 10.3. The van der Waals surface area contributed by atoms with E-state index >= 15 is 0 Å². The van der Waals surface area contributed by atoms with Crippen LogP contribution in [-0.2, 0) is 0 Å². The van der Waals surface area contributed by atoms with Crippen molar-refractivity contribution in [2.24, 2.45) is 5.10 Å². The van der Waals surface area contributed by atoms with E-state index < -0.39 is 0 Å². The Balaban J connectivity index is 1.99. The summed E-state index contributed by atoms with van der Waals surface area (Å²) in [7, 11) is 1.60. The van der Waals surface area contributed by atoms with Gasteiger partial charge in [-0.3, -0.25) is 0 Å². The lowest BCUT2D eigenvalue weighted by atomic mass is 10.2. The number of rotatable bonds is 6. The fourth-order valence-electron chi connectivity index (χ4n) is 2.38. The Morgan fingerprint density at radius 1 is 1.31 bits per heavy atom. The molecule has 0 fully saturated rings. The minimum Gasteiger partial charge on any atom is -0.504 e. The second-order valence-electron chi connectivity index (χ2n) is 5.27. The molecule has 0 bridgehead atoms. The van der Waals surface area contributed by atoms with Gasteiger partial charge in [0.2, 0.25) is 4.77 Å². The largest absolute Gasteiger partial charge is 0.504 e. The average molecular weight is 370 g/mol. The van der Waals surface area contributed by atoms with E-state index in [0.717, 1.165) is 5.56 Å². The third-order valence-corrected chi connectivity index (χ3v) is 3.88. The van der Waals surface area contributed by atoms with Crippen molar-refractivity contribution in [2.45, 2.75) is 6.92 Å². The number of ether oxygens (including phenoxy) is 2. The van der Waals surface area contributed by atoms with Crippen molar-refractivity contribution in [2.75, 3.05) is 13.7 Å². The second kappa shape index (κ2) is 7.83. The van der Waals surface area contributed by atoms with E-state index in [9.17, 15) is 5.11 Å². The number of phenols is 1. The van der Waals surface area contributed by atoms with Gasteiger partial charge in [0.1, 0.15) is 5.75 Å². The Bertz CT molecular complexity index is 994. The first-order valence-electron chi connectivity index (χ1n) is 7.95. The fourth-order valence-corrected chi connectivity index (χ4v) is 2.56. The minimum atomic E-state index is 0.0241. The number of nitrogens with one attached hydrogen (secondary N) is 1. The molecule has 0 unspecified atom stereocenters. The molecule has 0 aliphatic heterocycles. The first kappa shape index (κ1) is 17.7. The topological polar surface area (TPSA) is 84.7 Å². The zero-order valence-corrected chi connectivity index (χ0v) is 15.2. The molecular weight excluding hydrogens is 352 g/mol. The molecule has 0 aliphatic carbocycles. The number of nitrogens with zero attached hydrogens (tertiary/aromatic N) is 3. The number of hydrogen-bond donors (Lipinski definition) is 2. The predicted molar refractivity (Wildman–Crippen MR) is 102 cm³/mol. The Hall–Kier alpha value is -3.13. The third kappa shape index (κ3) is 3.60. The summed E-state index contributed by atoms with van der Waals surface area (Å²) in [5, 5.41) is 21.6. The standard InChI is InChI=1S/C18H18N4O3S/c1-3-25-15-9-5-7-13(16(15)23)11-19-22-17(20-21-18(22)26)12-6-4-8-14(10-12)24-2/h4-11,23H,3H2,1-2H3,(H,21,26)/b19-11-. The van der Waals surface area contributed by atoms with Crippen molar-refractivity contribution in [3.8, 4) is 28.6 Å². The molecule has 0 radical (unpaired) electrons. The van der Waals surface area contributed by atoms with E-state index in [4.69, 9.17) is 21.7 Å². The summed E-state index contributed by atoms with van der Waals surface area (Å²) in [6.07, 6.45) is 1.51. The lowest BCUT2D eigenvalue weighted by Gasteiger charge is -2.07. The van der Waals surface area contributed by atoms with Crippen LogP contribution in [0.25, 0.3) is 11.4 Å². The van der Waals surface area contributed by atoms with Crippen LogP contribution in [0, 0.1) is 4.77 Å². The molecule has 0 amide bonds. The molecule has 3 aromatic rings. The van der Waals surface area contributed by atoms with E-state index in [1.807, 2.05) is 31.2 Å². The molecule has 0 saturated heterocycles. The molecular formula is C18H18N4O3S. The van der Waals surface area contributed by atoms with Gasteiger partial charge >= 0.3 is 0 Å². The van der Waals surface area contributed by atoms with Gasteiger partial charge < -0.3 is 14.6 Å². The number of aromatic amines is 1.